The Labute approximate surface area is 131 Å². The highest BCUT2D eigenvalue weighted by molar-refractivity contribution is 5.93. The zero-order chi connectivity index (χ0) is 16.1. The Morgan fingerprint density at radius 2 is 2.23 bits per heavy atom. The van der Waals surface area contributed by atoms with Crippen LogP contribution in [0.3, 0.4) is 0 Å². The van der Waals surface area contributed by atoms with E-state index in [1.807, 2.05) is 0 Å². The number of hydrogen-bond acceptors (Lipinski definition) is 5. The molecule has 0 aromatic rings. The molecule has 0 bridgehead atoms. The van der Waals surface area contributed by atoms with Gasteiger partial charge < -0.3 is 20.2 Å². The molecule has 6 nitrogen and oxygen atoms in total. The molecule has 5 atom stereocenters. The smallest absolute Gasteiger partial charge is 0.344 e. The summed E-state index contributed by atoms with van der Waals surface area (Å²) in [4.78, 5) is 15.2. The molecule has 0 heterocycles. The lowest BCUT2D eigenvalue weighted by molar-refractivity contribution is -0.142. The van der Waals surface area contributed by atoms with Crippen molar-refractivity contribution in [3.8, 4) is 0 Å². The monoisotopic (exact) mass is 313 g/mol. The highest BCUT2D eigenvalue weighted by Crippen LogP contribution is 2.50. The molecule has 0 aromatic carbocycles. The van der Waals surface area contributed by atoms with E-state index in [9.17, 15) is 15.0 Å². The lowest BCUT2D eigenvalue weighted by Crippen LogP contribution is -2.37. The number of aliphatic carboxylic acids is 1. The predicted molar refractivity (Wildman–Crippen MR) is 81.5 cm³/mol. The lowest BCUT2D eigenvalue weighted by atomic mass is 9.70. The minimum Gasteiger partial charge on any atom is -0.479 e. The topological polar surface area (TPSA) is 99.4 Å². The number of hydrogen-bond donors (Lipinski definition) is 3. The van der Waals surface area contributed by atoms with Crippen molar-refractivity contribution in [2.24, 2.45) is 22.9 Å². The average Bonchev–Trinajstić information content (AvgIpc) is 2.71. The molecular weight excluding hydrogens is 286 g/mol. The molecule has 2 fully saturated rings. The van der Waals surface area contributed by atoms with Gasteiger partial charge in [0.1, 0.15) is 0 Å². The maximum absolute atomic E-state index is 10.4. The fourth-order valence-corrected chi connectivity index (χ4v) is 3.75. The van der Waals surface area contributed by atoms with Crippen molar-refractivity contribution < 1.29 is 25.0 Å². The van der Waals surface area contributed by atoms with Gasteiger partial charge in [0.2, 0.25) is 6.61 Å². The molecule has 5 unspecified atom stereocenters. The summed E-state index contributed by atoms with van der Waals surface area (Å²) in [6, 6.07) is 0. The number of carbonyl (C=O) groups is 1. The van der Waals surface area contributed by atoms with Crippen LogP contribution in [0.5, 0.6) is 0 Å². The minimum atomic E-state index is -1.04. The van der Waals surface area contributed by atoms with Crippen LogP contribution in [0.4, 0.5) is 0 Å². The fraction of sp³-hybridized carbons (Fsp3) is 0.875. The molecule has 2 aliphatic carbocycles. The number of aliphatic hydroxyl groups excluding tert-OH is 2. The maximum atomic E-state index is 10.4. The first-order valence-corrected chi connectivity index (χ1v) is 8.29. The second-order valence-electron chi connectivity index (χ2n) is 6.56. The predicted octanol–water partition coefficient (Wildman–Crippen LogP) is 1.79. The summed E-state index contributed by atoms with van der Waals surface area (Å²) in [5.74, 6) is -0.188. The first kappa shape index (κ1) is 17.2. The molecule has 3 N–H and O–H groups in total. The zero-order valence-corrected chi connectivity index (χ0v) is 13.1. The van der Waals surface area contributed by atoms with Crippen LogP contribution in [0.15, 0.2) is 5.16 Å². The van der Waals surface area contributed by atoms with E-state index in [-0.39, 0.29) is 24.0 Å². The van der Waals surface area contributed by atoms with E-state index in [2.05, 4.69) is 12.1 Å². The molecule has 0 amide bonds. The van der Waals surface area contributed by atoms with Gasteiger partial charge in [-0.1, -0.05) is 24.9 Å². The number of nitrogens with zero attached hydrogens (tertiary/aromatic N) is 1. The summed E-state index contributed by atoms with van der Waals surface area (Å²) in [5.41, 5.74) is 0.874. The molecule has 126 valence electrons. The van der Waals surface area contributed by atoms with E-state index in [1.54, 1.807) is 0 Å². The first-order chi connectivity index (χ1) is 10.5. The van der Waals surface area contributed by atoms with Crippen molar-refractivity contribution in [2.45, 2.75) is 64.1 Å². The summed E-state index contributed by atoms with van der Waals surface area (Å²) in [6.07, 6.45) is 5.39. The van der Waals surface area contributed by atoms with Crippen molar-refractivity contribution in [1.29, 1.82) is 0 Å². The third-order valence-electron chi connectivity index (χ3n) is 5.02. The van der Waals surface area contributed by atoms with Crippen molar-refractivity contribution in [1.82, 2.24) is 0 Å². The van der Waals surface area contributed by atoms with Crippen molar-refractivity contribution >= 4 is 11.7 Å². The molecule has 6 heteroatoms. The van der Waals surface area contributed by atoms with Crippen LogP contribution in [0.2, 0.25) is 0 Å². The van der Waals surface area contributed by atoms with Crippen molar-refractivity contribution in [2.75, 3.05) is 6.61 Å². The van der Waals surface area contributed by atoms with E-state index >= 15 is 0 Å². The Morgan fingerprint density at radius 1 is 1.45 bits per heavy atom. The van der Waals surface area contributed by atoms with Crippen LogP contribution in [-0.2, 0) is 9.63 Å². The number of fused-ring (bicyclic) bond motifs is 1. The Hall–Kier alpha value is -1.14. The van der Waals surface area contributed by atoms with Crippen LogP contribution in [0.25, 0.3) is 0 Å². The van der Waals surface area contributed by atoms with Gasteiger partial charge in [-0.25, -0.2) is 4.79 Å². The van der Waals surface area contributed by atoms with E-state index in [0.29, 0.717) is 12.3 Å². The van der Waals surface area contributed by atoms with Gasteiger partial charge in [-0.2, -0.15) is 0 Å². The third-order valence-corrected chi connectivity index (χ3v) is 5.02. The molecule has 22 heavy (non-hydrogen) atoms. The van der Waals surface area contributed by atoms with Crippen LogP contribution in [0, 0.1) is 17.8 Å². The van der Waals surface area contributed by atoms with Gasteiger partial charge in [0.05, 0.1) is 17.9 Å². The Balaban J connectivity index is 1.76. The van der Waals surface area contributed by atoms with Gasteiger partial charge in [-0.15, -0.1) is 0 Å². The van der Waals surface area contributed by atoms with E-state index in [4.69, 9.17) is 9.94 Å². The van der Waals surface area contributed by atoms with Crippen LogP contribution >= 0.6 is 0 Å². The molecule has 0 aromatic heterocycles. The van der Waals surface area contributed by atoms with E-state index in [1.165, 1.54) is 0 Å². The minimum absolute atomic E-state index is 0.222. The Bertz CT molecular complexity index is 411. The second kappa shape index (κ2) is 7.92. The number of oxime groups is 1. The zero-order valence-electron chi connectivity index (χ0n) is 13.1. The van der Waals surface area contributed by atoms with Gasteiger partial charge in [0.15, 0.2) is 0 Å². The number of aliphatic hydroxyl groups is 2. The Morgan fingerprint density at radius 3 is 2.91 bits per heavy atom. The highest BCUT2D eigenvalue weighted by atomic mass is 16.6. The molecule has 2 rings (SSSR count). The summed E-state index contributed by atoms with van der Waals surface area (Å²) in [6.45, 7) is 1.69. The van der Waals surface area contributed by atoms with Gasteiger partial charge in [0, 0.05) is 5.92 Å². The largest absolute Gasteiger partial charge is 0.479 e. The third kappa shape index (κ3) is 4.20. The van der Waals surface area contributed by atoms with Gasteiger partial charge in [0.25, 0.3) is 0 Å². The fourth-order valence-electron chi connectivity index (χ4n) is 3.75. The van der Waals surface area contributed by atoms with Crippen LogP contribution < -0.4 is 0 Å². The number of rotatable bonds is 9. The number of unbranched alkanes of at least 4 members (excludes halogenated alkanes) is 1. The molecule has 0 saturated heterocycles. The van der Waals surface area contributed by atoms with Crippen LogP contribution in [0.1, 0.15) is 51.9 Å². The molecule has 0 aliphatic heterocycles. The Kier molecular flexibility index (Phi) is 6.20. The highest BCUT2D eigenvalue weighted by Gasteiger charge is 2.51. The van der Waals surface area contributed by atoms with Crippen molar-refractivity contribution in [3.63, 3.8) is 0 Å². The van der Waals surface area contributed by atoms with Crippen molar-refractivity contribution in [3.05, 3.63) is 0 Å². The second-order valence-corrected chi connectivity index (χ2v) is 6.56. The molecule has 0 radical (unpaired) electrons. The summed E-state index contributed by atoms with van der Waals surface area (Å²) < 4.78 is 0. The SMILES string of the molecule is CCCCC(O)CCC1C(O)CC2/C(=N\OCC(=O)O)CC21. The molecule has 2 saturated carbocycles. The number of carboxylic acids is 1. The molecule has 2 aliphatic rings. The van der Waals surface area contributed by atoms with E-state index < -0.39 is 12.6 Å². The van der Waals surface area contributed by atoms with Gasteiger partial charge in [-0.3, -0.25) is 0 Å². The van der Waals surface area contributed by atoms with Gasteiger partial charge in [-0.05, 0) is 43.9 Å². The number of carboxylic acid groups (broad SMARTS) is 1. The van der Waals surface area contributed by atoms with Gasteiger partial charge >= 0.3 is 5.97 Å². The van der Waals surface area contributed by atoms with E-state index in [0.717, 1.165) is 44.2 Å². The normalized spacial score (nSPS) is 33.3. The maximum Gasteiger partial charge on any atom is 0.344 e. The standard InChI is InChI=1S/C16H27NO5/c1-2-3-4-10(18)5-6-11-12-7-14(13(12)8-15(11)19)17-22-9-16(20)21/h10-13,15,18-19H,2-9H2,1H3,(H,20,21)/b17-14-. The molecule has 0 spiro atoms. The first-order valence-electron chi connectivity index (χ1n) is 8.29. The summed E-state index contributed by atoms with van der Waals surface area (Å²) in [5, 5.41) is 32.6. The lowest BCUT2D eigenvalue weighted by Gasteiger charge is -2.35. The van der Waals surface area contributed by atoms with Crippen LogP contribution in [-0.4, -0.2) is 45.8 Å². The summed E-state index contributed by atoms with van der Waals surface area (Å²) >= 11 is 0. The molecular formula is C16H27NO5. The average molecular weight is 313 g/mol. The summed E-state index contributed by atoms with van der Waals surface area (Å²) in [7, 11) is 0. The quantitative estimate of drug-likeness (QED) is 0.564.